The molecule has 1 radical (unpaired) electrons. The lowest BCUT2D eigenvalue weighted by Crippen LogP contribution is -2.19. The van der Waals surface area contributed by atoms with Crippen LogP contribution in [0, 0.1) is 6.20 Å². The minimum absolute atomic E-state index is 0.226. The van der Waals surface area contributed by atoms with Gasteiger partial charge < -0.3 is 0 Å². The SMILES string of the molecule is FC(F)Sc1c[c]nn1C(F)(F)F. The van der Waals surface area contributed by atoms with Crippen molar-refractivity contribution < 1.29 is 22.0 Å². The maximum Gasteiger partial charge on any atom is 0.505 e. The summed E-state index contributed by atoms with van der Waals surface area (Å²) in [7, 11) is 0. The van der Waals surface area contributed by atoms with Gasteiger partial charge in [0.05, 0.1) is 0 Å². The molecule has 1 rings (SSSR count). The van der Waals surface area contributed by atoms with Crippen molar-refractivity contribution in [3.63, 3.8) is 0 Å². The maximum absolute atomic E-state index is 12.0. The summed E-state index contributed by atoms with van der Waals surface area (Å²) in [5.41, 5.74) is 0. The molecular weight excluding hydrogens is 215 g/mol. The zero-order valence-corrected chi connectivity index (χ0v) is 6.66. The van der Waals surface area contributed by atoms with Gasteiger partial charge in [-0.1, -0.05) is 0 Å². The highest BCUT2D eigenvalue weighted by molar-refractivity contribution is 7.99. The predicted molar refractivity (Wildman–Crippen MR) is 34.2 cm³/mol. The Bertz CT molecular complexity index is 281. The average molecular weight is 217 g/mol. The number of hydrogen-bond donors (Lipinski definition) is 0. The van der Waals surface area contributed by atoms with E-state index in [2.05, 4.69) is 5.10 Å². The van der Waals surface area contributed by atoms with Crippen molar-refractivity contribution in [2.45, 2.75) is 17.1 Å². The molecule has 0 saturated carbocycles. The topological polar surface area (TPSA) is 17.8 Å². The van der Waals surface area contributed by atoms with Gasteiger partial charge in [0.15, 0.2) is 0 Å². The first-order valence-corrected chi connectivity index (χ1v) is 3.77. The molecule has 8 heteroatoms. The average Bonchev–Trinajstić information content (AvgIpc) is 2.31. The standard InChI is InChI=1S/C5H2F5N2S/c6-4(7)13-3-1-2-11-12(3)5(8,9)10/h1,4H. The lowest BCUT2D eigenvalue weighted by molar-refractivity contribution is -0.217. The lowest BCUT2D eigenvalue weighted by atomic mass is 10.7. The first kappa shape index (κ1) is 10.3. The van der Waals surface area contributed by atoms with E-state index in [1.54, 1.807) is 0 Å². The van der Waals surface area contributed by atoms with Gasteiger partial charge >= 0.3 is 6.30 Å². The third-order valence-corrected chi connectivity index (χ3v) is 1.71. The summed E-state index contributed by atoms with van der Waals surface area (Å²) in [6.07, 6.45) is -2.93. The number of aromatic nitrogens is 2. The molecule has 0 aromatic carbocycles. The van der Waals surface area contributed by atoms with Crippen LogP contribution in [0.2, 0.25) is 0 Å². The molecule has 2 nitrogen and oxygen atoms in total. The fraction of sp³-hybridized carbons (Fsp3) is 0.400. The van der Waals surface area contributed by atoms with E-state index in [1.807, 2.05) is 6.20 Å². The van der Waals surface area contributed by atoms with E-state index >= 15 is 0 Å². The normalized spacial score (nSPS) is 12.5. The van der Waals surface area contributed by atoms with Crippen LogP contribution in [0.1, 0.15) is 0 Å². The first-order valence-electron chi connectivity index (χ1n) is 2.89. The molecule has 13 heavy (non-hydrogen) atoms. The Morgan fingerprint density at radius 3 is 2.54 bits per heavy atom. The Balaban J connectivity index is 2.90. The summed E-state index contributed by atoms with van der Waals surface area (Å²) in [4.78, 5) is 0. The quantitative estimate of drug-likeness (QED) is 0.559. The van der Waals surface area contributed by atoms with Gasteiger partial charge in [-0.15, -0.1) is 13.2 Å². The molecule has 0 aliphatic rings. The van der Waals surface area contributed by atoms with Gasteiger partial charge in [0.2, 0.25) is 0 Å². The Morgan fingerprint density at radius 1 is 1.46 bits per heavy atom. The third-order valence-electron chi connectivity index (χ3n) is 1.00. The van der Waals surface area contributed by atoms with E-state index < -0.39 is 21.8 Å². The van der Waals surface area contributed by atoms with E-state index in [1.165, 1.54) is 0 Å². The molecule has 0 aliphatic heterocycles. The molecule has 73 valence electrons. The van der Waals surface area contributed by atoms with E-state index in [0.717, 1.165) is 6.07 Å². The highest BCUT2D eigenvalue weighted by Gasteiger charge is 2.34. The van der Waals surface area contributed by atoms with Gasteiger partial charge in [-0.3, -0.25) is 0 Å². The zero-order valence-electron chi connectivity index (χ0n) is 5.85. The molecule has 1 aromatic rings. The van der Waals surface area contributed by atoms with Crippen LogP contribution in [-0.2, 0) is 6.30 Å². The highest BCUT2D eigenvalue weighted by Crippen LogP contribution is 2.31. The molecule has 0 saturated heterocycles. The number of halogens is 5. The molecule has 0 amide bonds. The number of thioether (sulfide) groups is 1. The van der Waals surface area contributed by atoms with Crippen LogP contribution in [0.5, 0.6) is 0 Å². The molecule has 0 unspecified atom stereocenters. The van der Waals surface area contributed by atoms with Crippen molar-refractivity contribution in [3.05, 3.63) is 12.3 Å². The number of nitrogens with zero attached hydrogens (tertiary/aromatic N) is 2. The zero-order chi connectivity index (χ0) is 10.1. The second-order valence-corrected chi connectivity index (χ2v) is 2.88. The van der Waals surface area contributed by atoms with E-state index in [0.29, 0.717) is 0 Å². The van der Waals surface area contributed by atoms with Crippen molar-refractivity contribution in [3.8, 4) is 0 Å². The smallest absolute Gasteiger partial charge is 0.198 e. The van der Waals surface area contributed by atoms with Crippen LogP contribution in [0.25, 0.3) is 0 Å². The molecular formula is C5H2F5N2S. The number of rotatable bonds is 2. The van der Waals surface area contributed by atoms with Crippen LogP contribution < -0.4 is 0 Å². The second kappa shape index (κ2) is 3.52. The van der Waals surface area contributed by atoms with Gasteiger partial charge in [0.1, 0.15) is 11.2 Å². The Kier molecular flexibility index (Phi) is 2.79. The molecule has 1 aromatic heterocycles. The maximum atomic E-state index is 12.0. The summed E-state index contributed by atoms with van der Waals surface area (Å²) in [6, 6.07) is 0.754. The highest BCUT2D eigenvalue weighted by atomic mass is 32.2. The first-order chi connectivity index (χ1) is 5.91. The van der Waals surface area contributed by atoms with Gasteiger partial charge in [-0.25, -0.2) is 0 Å². The van der Waals surface area contributed by atoms with Crippen LogP contribution in [0.3, 0.4) is 0 Å². The molecule has 0 bridgehead atoms. The fourth-order valence-corrected chi connectivity index (χ4v) is 1.16. The summed E-state index contributed by atoms with van der Waals surface area (Å²) in [6.45, 7) is 0. The van der Waals surface area contributed by atoms with Crippen molar-refractivity contribution in [2.24, 2.45) is 0 Å². The van der Waals surface area contributed by atoms with Gasteiger partial charge in [0.25, 0.3) is 5.76 Å². The van der Waals surface area contributed by atoms with Crippen LogP contribution in [-0.4, -0.2) is 15.5 Å². The fourth-order valence-electron chi connectivity index (χ4n) is 0.609. The van der Waals surface area contributed by atoms with Crippen molar-refractivity contribution in [1.29, 1.82) is 0 Å². The van der Waals surface area contributed by atoms with Crippen LogP contribution >= 0.6 is 11.8 Å². The summed E-state index contributed by atoms with van der Waals surface area (Å²) < 4.78 is 58.8. The third kappa shape index (κ3) is 2.58. The molecule has 0 N–H and O–H groups in total. The van der Waals surface area contributed by atoms with Gasteiger partial charge in [-0.2, -0.15) is 18.6 Å². The summed E-state index contributed by atoms with van der Waals surface area (Å²) in [5, 5.41) is 2.07. The minimum atomic E-state index is -4.78. The Morgan fingerprint density at radius 2 is 2.08 bits per heavy atom. The molecule has 0 atom stereocenters. The predicted octanol–water partition coefficient (Wildman–Crippen LogP) is 2.47. The van der Waals surface area contributed by atoms with E-state index in [-0.39, 0.29) is 11.8 Å². The largest absolute Gasteiger partial charge is 0.505 e. The van der Waals surface area contributed by atoms with Crippen molar-refractivity contribution in [2.75, 3.05) is 0 Å². The Hall–Kier alpha value is -0.790. The van der Waals surface area contributed by atoms with Gasteiger partial charge in [0, 0.05) is 6.07 Å². The van der Waals surface area contributed by atoms with Crippen LogP contribution in [0.4, 0.5) is 22.0 Å². The van der Waals surface area contributed by atoms with Gasteiger partial charge in [-0.05, 0) is 11.8 Å². The molecule has 0 aliphatic carbocycles. The molecule has 0 fully saturated rings. The lowest BCUT2D eigenvalue weighted by Gasteiger charge is -2.08. The number of hydrogen-bond acceptors (Lipinski definition) is 2. The number of alkyl halides is 5. The molecule has 1 heterocycles. The monoisotopic (exact) mass is 217 g/mol. The van der Waals surface area contributed by atoms with E-state index in [9.17, 15) is 22.0 Å². The summed E-state index contributed by atoms with van der Waals surface area (Å²) >= 11 is -0.226. The van der Waals surface area contributed by atoms with Crippen LogP contribution in [0.15, 0.2) is 11.1 Å². The van der Waals surface area contributed by atoms with Crippen molar-refractivity contribution in [1.82, 2.24) is 9.78 Å². The molecule has 0 spiro atoms. The minimum Gasteiger partial charge on any atom is -0.198 e. The van der Waals surface area contributed by atoms with Crippen molar-refractivity contribution >= 4 is 11.8 Å². The second-order valence-electron chi connectivity index (χ2n) is 1.87. The Labute approximate surface area is 73.7 Å². The van der Waals surface area contributed by atoms with E-state index in [4.69, 9.17) is 0 Å². The summed E-state index contributed by atoms with van der Waals surface area (Å²) in [5.74, 6) is -2.91.